The van der Waals surface area contributed by atoms with Gasteiger partial charge in [0.25, 0.3) is 0 Å². The number of hydrogen-bond acceptors (Lipinski definition) is 2. The number of benzene rings is 1. The van der Waals surface area contributed by atoms with E-state index in [0.717, 1.165) is 18.4 Å². The normalized spacial score (nSPS) is 19.3. The molecule has 1 atom stereocenters. The highest BCUT2D eigenvalue weighted by molar-refractivity contribution is 5.83. The Hall–Kier alpha value is -1.97. The van der Waals surface area contributed by atoms with E-state index in [1.807, 2.05) is 18.3 Å². The van der Waals surface area contributed by atoms with Crippen LogP contribution in [0.1, 0.15) is 12.0 Å². The first-order chi connectivity index (χ1) is 8.33. The molecule has 2 N–H and O–H groups in total. The van der Waals surface area contributed by atoms with Crippen molar-refractivity contribution in [3.63, 3.8) is 0 Å². The van der Waals surface area contributed by atoms with Crippen LogP contribution in [-0.2, 0) is 11.2 Å². The van der Waals surface area contributed by atoms with Crippen LogP contribution in [0.5, 0.6) is 0 Å². The van der Waals surface area contributed by atoms with Gasteiger partial charge in [-0.2, -0.15) is 0 Å². The minimum absolute atomic E-state index is 0.149. The number of H-pyrrole nitrogens is 1. The lowest BCUT2D eigenvalue weighted by atomic mass is 10.1. The van der Waals surface area contributed by atoms with Crippen LogP contribution in [0, 0.1) is 0 Å². The molecule has 1 aromatic heterocycles. The average molecular weight is 230 g/mol. The Bertz CT molecular complexity index is 547. The lowest BCUT2D eigenvalue weighted by Crippen LogP contribution is -2.26. The van der Waals surface area contributed by atoms with Crippen molar-refractivity contribution in [2.45, 2.75) is 18.9 Å². The molecule has 1 aromatic carbocycles. The minimum Gasteiger partial charge on any atom is -0.447 e. The molecule has 2 heterocycles. The molecule has 3 rings (SSSR count). The summed E-state index contributed by atoms with van der Waals surface area (Å²) in [6, 6.07) is 8.40. The summed E-state index contributed by atoms with van der Waals surface area (Å²) in [5.74, 6) is 0. The third-order valence-electron chi connectivity index (χ3n) is 3.17. The van der Waals surface area contributed by atoms with Crippen molar-refractivity contribution in [1.29, 1.82) is 0 Å². The van der Waals surface area contributed by atoms with Crippen molar-refractivity contribution in [2.24, 2.45) is 0 Å². The van der Waals surface area contributed by atoms with Crippen LogP contribution >= 0.6 is 0 Å². The molecular formula is C13H14N2O2. The third-order valence-corrected chi connectivity index (χ3v) is 3.17. The molecule has 0 saturated carbocycles. The summed E-state index contributed by atoms with van der Waals surface area (Å²) in [4.78, 5) is 14.1. The van der Waals surface area contributed by atoms with Crippen molar-refractivity contribution in [1.82, 2.24) is 10.3 Å². The molecule has 1 unspecified atom stereocenters. The van der Waals surface area contributed by atoms with E-state index in [9.17, 15) is 4.79 Å². The lowest BCUT2D eigenvalue weighted by Gasteiger charge is -2.05. The molecule has 0 spiro atoms. The Labute approximate surface area is 99.0 Å². The van der Waals surface area contributed by atoms with Gasteiger partial charge >= 0.3 is 6.09 Å². The van der Waals surface area contributed by atoms with E-state index in [2.05, 4.69) is 22.4 Å². The Morgan fingerprint density at radius 3 is 3.06 bits per heavy atom. The Kier molecular flexibility index (Phi) is 2.48. The second-order valence-electron chi connectivity index (χ2n) is 4.34. The first kappa shape index (κ1) is 10.2. The summed E-state index contributed by atoms with van der Waals surface area (Å²) < 4.78 is 4.86. The van der Waals surface area contributed by atoms with E-state index in [-0.39, 0.29) is 12.1 Å². The highest BCUT2D eigenvalue weighted by Gasteiger charge is 2.21. The van der Waals surface area contributed by atoms with E-state index < -0.39 is 0 Å². The number of aromatic amines is 1. The maximum absolute atomic E-state index is 10.9. The average Bonchev–Trinajstić information content (AvgIpc) is 2.93. The molecular weight excluding hydrogens is 216 g/mol. The lowest BCUT2D eigenvalue weighted by molar-refractivity contribution is 0.176. The number of aryl methyl sites for hydroxylation is 1. The predicted molar refractivity (Wildman–Crippen MR) is 64.9 cm³/mol. The van der Waals surface area contributed by atoms with Gasteiger partial charge in [-0.25, -0.2) is 4.79 Å². The molecule has 0 radical (unpaired) electrons. The molecule has 1 aliphatic heterocycles. The van der Waals surface area contributed by atoms with Gasteiger partial charge in [0, 0.05) is 17.1 Å². The smallest absolute Gasteiger partial charge is 0.407 e. The van der Waals surface area contributed by atoms with Crippen LogP contribution in [0.15, 0.2) is 30.5 Å². The fourth-order valence-electron chi connectivity index (χ4n) is 2.25. The molecule has 1 amide bonds. The largest absolute Gasteiger partial charge is 0.447 e. The van der Waals surface area contributed by atoms with Crippen LogP contribution in [0.4, 0.5) is 4.79 Å². The number of ether oxygens (including phenoxy) is 1. The van der Waals surface area contributed by atoms with Crippen molar-refractivity contribution in [3.05, 3.63) is 36.0 Å². The maximum Gasteiger partial charge on any atom is 0.407 e. The third kappa shape index (κ3) is 1.98. The van der Waals surface area contributed by atoms with Gasteiger partial charge in [-0.15, -0.1) is 0 Å². The molecule has 17 heavy (non-hydrogen) atoms. The van der Waals surface area contributed by atoms with E-state index in [4.69, 9.17) is 4.74 Å². The van der Waals surface area contributed by atoms with Gasteiger partial charge in [0.15, 0.2) is 0 Å². The molecule has 0 aliphatic carbocycles. The number of para-hydroxylation sites is 1. The van der Waals surface area contributed by atoms with Crippen molar-refractivity contribution < 1.29 is 9.53 Å². The summed E-state index contributed by atoms with van der Waals surface area (Å²) in [7, 11) is 0. The fourth-order valence-corrected chi connectivity index (χ4v) is 2.25. The number of amides is 1. The summed E-state index contributed by atoms with van der Waals surface area (Å²) in [6.45, 7) is 0.487. The molecule has 2 aromatic rings. The van der Waals surface area contributed by atoms with Crippen LogP contribution in [0.25, 0.3) is 10.9 Å². The first-order valence-electron chi connectivity index (χ1n) is 5.81. The standard InChI is InChI=1S/C13H14N2O2/c16-13-15-10(8-17-13)6-5-9-7-14-12-4-2-1-3-11(9)12/h1-4,7,10,14H,5-6,8H2,(H,15,16). The Morgan fingerprint density at radius 2 is 2.24 bits per heavy atom. The first-order valence-corrected chi connectivity index (χ1v) is 5.81. The van der Waals surface area contributed by atoms with Crippen molar-refractivity contribution >= 4 is 17.0 Å². The van der Waals surface area contributed by atoms with Gasteiger partial charge in [0.05, 0.1) is 6.04 Å². The van der Waals surface area contributed by atoms with E-state index in [1.165, 1.54) is 10.9 Å². The van der Waals surface area contributed by atoms with Crippen LogP contribution < -0.4 is 5.32 Å². The number of aromatic nitrogens is 1. The maximum atomic E-state index is 10.9. The number of cyclic esters (lactones) is 1. The van der Waals surface area contributed by atoms with Gasteiger partial charge in [0.2, 0.25) is 0 Å². The summed E-state index contributed by atoms with van der Waals surface area (Å²) >= 11 is 0. The number of alkyl carbamates (subject to hydrolysis) is 1. The van der Waals surface area contributed by atoms with Crippen LogP contribution in [-0.4, -0.2) is 23.7 Å². The van der Waals surface area contributed by atoms with E-state index in [0.29, 0.717) is 6.61 Å². The summed E-state index contributed by atoms with van der Waals surface area (Å²) in [5.41, 5.74) is 2.45. The number of rotatable bonds is 3. The quantitative estimate of drug-likeness (QED) is 0.849. The minimum atomic E-state index is -0.297. The Morgan fingerprint density at radius 1 is 1.35 bits per heavy atom. The zero-order chi connectivity index (χ0) is 11.7. The topological polar surface area (TPSA) is 54.1 Å². The molecule has 1 saturated heterocycles. The zero-order valence-electron chi connectivity index (χ0n) is 9.40. The van der Waals surface area contributed by atoms with Gasteiger partial charge in [-0.05, 0) is 24.5 Å². The highest BCUT2D eigenvalue weighted by Crippen LogP contribution is 2.20. The zero-order valence-corrected chi connectivity index (χ0v) is 9.40. The molecule has 0 bridgehead atoms. The number of carbonyl (C=O) groups excluding carboxylic acids is 1. The van der Waals surface area contributed by atoms with E-state index >= 15 is 0 Å². The monoisotopic (exact) mass is 230 g/mol. The molecule has 4 heteroatoms. The predicted octanol–water partition coefficient (Wildman–Crippen LogP) is 2.21. The molecule has 1 fully saturated rings. The number of nitrogens with one attached hydrogen (secondary N) is 2. The van der Waals surface area contributed by atoms with Gasteiger partial charge in [-0.3, -0.25) is 0 Å². The SMILES string of the molecule is O=C1NC(CCc2c[nH]c3ccccc23)CO1. The van der Waals surface area contributed by atoms with Gasteiger partial charge in [-0.1, -0.05) is 18.2 Å². The number of carbonyl (C=O) groups is 1. The van der Waals surface area contributed by atoms with Gasteiger partial charge < -0.3 is 15.0 Å². The number of hydrogen-bond donors (Lipinski definition) is 2. The van der Waals surface area contributed by atoms with Crippen LogP contribution in [0.3, 0.4) is 0 Å². The Balaban J connectivity index is 1.71. The van der Waals surface area contributed by atoms with Crippen LogP contribution in [0.2, 0.25) is 0 Å². The summed E-state index contributed by atoms with van der Waals surface area (Å²) in [5, 5.41) is 4.05. The molecule has 88 valence electrons. The van der Waals surface area contributed by atoms with Crippen molar-refractivity contribution in [2.75, 3.05) is 6.61 Å². The second kappa shape index (κ2) is 4.13. The molecule has 4 nitrogen and oxygen atoms in total. The molecule has 1 aliphatic rings. The van der Waals surface area contributed by atoms with E-state index in [1.54, 1.807) is 0 Å². The fraction of sp³-hybridized carbons (Fsp3) is 0.308. The van der Waals surface area contributed by atoms with Crippen molar-refractivity contribution in [3.8, 4) is 0 Å². The highest BCUT2D eigenvalue weighted by atomic mass is 16.6. The van der Waals surface area contributed by atoms with Gasteiger partial charge in [0.1, 0.15) is 6.61 Å². The number of fused-ring (bicyclic) bond motifs is 1. The summed E-state index contributed by atoms with van der Waals surface area (Å²) in [6.07, 6.45) is 3.60. The second-order valence-corrected chi connectivity index (χ2v) is 4.34.